The summed E-state index contributed by atoms with van der Waals surface area (Å²) in [4.78, 5) is 26.9. The van der Waals surface area contributed by atoms with Gasteiger partial charge in [-0.25, -0.2) is 0 Å². The van der Waals surface area contributed by atoms with Crippen molar-refractivity contribution in [1.29, 1.82) is 0 Å². The highest BCUT2D eigenvalue weighted by molar-refractivity contribution is 6.04. The molecule has 2 atom stereocenters. The highest BCUT2D eigenvalue weighted by atomic mass is 16.5. The number of anilines is 1. The SMILES string of the molecule is CCC1Oc2ccc(C(C)N)cc2N(CC(=O)NC2CCCCC2)C1=O. The monoisotopic (exact) mass is 359 g/mol. The van der Waals surface area contributed by atoms with Crippen LogP contribution in [0.3, 0.4) is 0 Å². The second-order valence-electron chi connectivity index (χ2n) is 7.36. The van der Waals surface area contributed by atoms with Crippen LogP contribution in [0.5, 0.6) is 5.75 Å². The first-order valence-electron chi connectivity index (χ1n) is 9.66. The normalized spacial score (nSPS) is 21.7. The van der Waals surface area contributed by atoms with Gasteiger partial charge < -0.3 is 15.8 Å². The van der Waals surface area contributed by atoms with E-state index in [0.29, 0.717) is 17.9 Å². The molecule has 2 unspecified atom stereocenters. The van der Waals surface area contributed by atoms with Gasteiger partial charge in [0, 0.05) is 12.1 Å². The maximum absolute atomic E-state index is 12.8. The van der Waals surface area contributed by atoms with E-state index in [1.165, 1.54) is 6.42 Å². The number of hydrogen-bond acceptors (Lipinski definition) is 4. The fourth-order valence-corrected chi connectivity index (χ4v) is 3.71. The average molecular weight is 359 g/mol. The van der Waals surface area contributed by atoms with Crippen LogP contribution in [-0.4, -0.2) is 30.5 Å². The molecule has 3 rings (SSSR count). The van der Waals surface area contributed by atoms with Gasteiger partial charge in [0.2, 0.25) is 5.91 Å². The number of hydrogen-bond donors (Lipinski definition) is 2. The van der Waals surface area contributed by atoms with Crippen molar-refractivity contribution < 1.29 is 14.3 Å². The van der Waals surface area contributed by atoms with E-state index in [0.717, 1.165) is 31.2 Å². The Balaban J connectivity index is 1.80. The van der Waals surface area contributed by atoms with Crippen LogP contribution in [-0.2, 0) is 9.59 Å². The van der Waals surface area contributed by atoms with Crippen LogP contribution in [0.1, 0.15) is 64.0 Å². The summed E-state index contributed by atoms with van der Waals surface area (Å²) in [6.07, 6.45) is 5.59. The zero-order valence-corrected chi connectivity index (χ0v) is 15.7. The summed E-state index contributed by atoms with van der Waals surface area (Å²) in [5.41, 5.74) is 7.52. The lowest BCUT2D eigenvalue weighted by molar-refractivity contribution is -0.129. The number of carbonyl (C=O) groups excluding carboxylic acids is 2. The summed E-state index contributed by atoms with van der Waals surface area (Å²) in [7, 11) is 0. The van der Waals surface area contributed by atoms with Gasteiger partial charge in [0.1, 0.15) is 12.3 Å². The molecule has 0 radical (unpaired) electrons. The van der Waals surface area contributed by atoms with Crippen molar-refractivity contribution in [3.8, 4) is 5.75 Å². The van der Waals surface area contributed by atoms with E-state index >= 15 is 0 Å². The molecule has 1 aromatic carbocycles. The fraction of sp³-hybridized carbons (Fsp3) is 0.600. The zero-order valence-electron chi connectivity index (χ0n) is 15.7. The number of nitrogens with one attached hydrogen (secondary N) is 1. The third kappa shape index (κ3) is 4.01. The van der Waals surface area contributed by atoms with Crippen molar-refractivity contribution in [2.45, 2.75) is 70.6 Å². The van der Waals surface area contributed by atoms with Gasteiger partial charge in [-0.1, -0.05) is 32.3 Å². The molecule has 1 heterocycles. The van der Waals surface area contributed by atoms with Crippen LogP contribution in [0.2, 0.25) is 0 Å². The fourth-order valence-electron chi connectivity index (χ4n) is 3.71. The highest BCUT2D eigenvalue weighted by Gasteiger charge is 2.35. The second-order valence-corrected chi connectivity index (χ2v) is 7.36. The molecule has 1 saturated carbocycles. The van der Waals surface area contributed by atoms with Gasteiger partial charge in [-0.2, -0.15) is 0 Å². The van der Waals surface area contributed by atoms with E-state index < -0.39 is 6.10 Å². The Morgan fingerprint density at radius 2 is 2.08 bits per heavy atom. The van der Waals surface area contributed by atoms with E-state index in [1.54, 1.807) is 4.90 Å². The first-order chi connectivity index (χ1) is 12.5. The quantitative estimate of drug-likeness (QED) is 0.846. The molecule has 1 aliphatic heterocycles. The van der Waals surface area contributed by atoms with E-state index in [9.17, 15) is 9.59 Å². The van der Waals surface area contributed by atoms with Crippen molar-refractivity contribution in [2.75, 3.05) is 11.4 Å². The van der Waals surface area contributed by atoms with Crippen LogP contribution in [0.25, 0.3) is 0 Å². The van der Waals surface area contributed by atoms with Crippen LogP contribution >= 0.6 is 0 Å². The smallest absolute Gasteiger partial charge is 0.268 e. The molecule has 6 nitrogen and oxygen atoms in total. The van der Waals surface area contributed by atoms with Crippen LogP contribution in [0, 0.1) is 0 Å². The minimum absolute atomic E-state index is 0.0185. The first kappa shape index (κ1) is 18.7. The standard InChI is InChI=1S/C20H29N3O3/c1-3-17-20(25)23(12-19(24)22-15-7-5-4-6-8-15)16-11-14(13(2)21)9-10-18(16)26-17/h9-11,13,15,17H,3-8,12,21H2,1-2H3,(H,22,24). The summed E-state index contributed by atoms with van der Waals surface area (Å²) in [5.74, 6) is 0.353. The molecule has 142 valence electrons. The Labute approximate surface area is 155 Å². The second kappa shape index (κ2) is 8.08. The summed E-state index contributed by atoms with van der Waals surface area (Å²) in [6, 6.07) is 5.68. The summed E-state index contributed by atoms with van der Waals surface area (Å²) in [5, 5.41) is 3.09. The lowest BCUT2D eigenvalue weighted by atomic mass is 9.95. The third-order valence-corrected chi connectivity index (χ3v) is 5.25. The van der Waals surface area contributed by atoms with Gasteiger partial charge in [0.05, 0.1) is 5.69 Å². The minimum atomic E-state index is -0.550. The lowest BCUT2D eigenvalue weighted by Gasteiger charge is -2.34. The molecule has 1 aromatic rings. The number of benzene rings is 1. The number of rotatable bonds is 5. The van der Waals surface area contributed by atoms with Gasteiger partial charge in [-0.3, -0.25) is 14.5 Å². The van der Waals surface area contributed by atoms with Crippen molar-refractivity contribution in [3.05, 3.63) is 23.8 Å². The number of nitrogens with zero attached hydrogens (tertiary/aromatic N) is 1. The molecule has 1 aliphatic carbocycles. The molecule has 6 heteroatoms. The molecule has 1 fully saturated rings. The topological polar surface area (TPSA) is 84.7 Å². The molecule has 0 spiro atoms. The molecular formula is C20H29N3O3. The van der Waals surface area contributed by atoms with Crippen molar-refractivity contribution in [3.63, 3.8) is 0 Å². The van der Waals surface area contributed by atoms with Crippen LogP contribution in [0.4, 0.5) is 5.69 Å². The van der Waals surface area contributed by atoms with E-state index in [4.69, 9.17) is 10.5 Å². The van der Waals surface area contributed by atoms with Gasteiger partial charge in [-0.05, 0) is 43.9 Å². The molecule has 2 aliphatic rings. The van der Waals surface area contributed by atoms with E-state index in [-0.39, 0.29) is 30.4 Å². The molecule has 0 saturated heterocycles. The lowest BCUT2D eigenvalue weighted by Crippen LogP contribution is -2.51. The Hall–Kier alpha value is -2.08. The molecule has 26 heavy (non-hydrogen) atoms. The maximum Gasteiger partial charge on any atom is 0.268 e. The van der Waals surface area contributed by atoms with Crippen LogP contribution in [0.15, 0.2) is 18.2 Å². The van der Waals surface area contributed by atoms with Crippen molar-refractivity contribution in [2.24, 2.45) is 5.73 Å². The number of nitrogens with two attached hydrogens (primary N) is 1. The molecular weight excluding hydrogens is 330 g/mol. The number of ether oxygens (including phenoxy) is 1. The molecule has 2 amide bonds. The first-order valence-corrected chi connectivity index (χ1v) is 9.66. The van der Waals surface area contributed by atoms with Crippen LogP contribution < -0.4 is 20.7 Å². The predicted molar refractivity (Wildman–Crippen MR) is 101 cm³/mol. The molecule has 3 N–H and O–H groups in total. The summed E-state index contributed by atoms with van der Waals surface area (Å²) >= 11 is 0. The maximum atomic E-state index is 12.8. The highest BCUT2D eigenvalue weighted by Crippen LogP contribution is 2.36. The summed E-state index contributed by atoms with van der Waals surface area (Å²) < 4.78 is 5.83. The number of amides is 2. The predicted octanol–water partition coefficient (Wildman–Crippen LogP) is 2.66. The molecule has 0 bridgehead atoms. The Kier molecular flexibility index (Phi) is 5.81. The van der Waals surface area contributed by atoms with E-state index in [2.05, 4.69) is 5.32 Å². The van der Waals surface area contributed by atoms with Crippen molar-refractivity contribution >= 4 is 17.5 Å². The number of fused-ring (bicyclic) bond motifs is 1. The zero-order chi connectivity index (χ0) is 18.7. The van der Waals surface area contributed by atoms with E-state index in [1.807, 2.05) is 32.0 Å². The Morgan fingerprint density at radius 1 is 1.35 bits per heavy atom. The number of carbonyl (C=O) groups is 2. The van der Waals surface area contributed by atoms with Gasteiger partial charge >= 0.3 is 0 Å². The third-order valence-electron chi connectivity index (χ3n) is 5.25. The largest absolute Gasteiger partial charge is 0.478 e. The van der Waals surface area contributed by atoms with Crippen molar-refractivity contribution in [1.82, 2.24) is 5.32 Å². The van der Waals surface area contributed by atoms with Gasteiger partial charge in [-0.15, -0.1) is 0 Å². The average Bonchev–Trinajstić information content (AvgIpc) is 2.64. The minimum Gasteiger partial charge on any atom is -0.478 e. The van der Waals surface area contributed by atoms with Gasteiger partial charge in [0.15, 0.2) is 6.10 Å². The Morgan fingerprint density at radius 3 is 2.73 bits per heavy atom. The Bertz CT molecular complexity index is 668. The van der Waals surface area contributed by atoms with Gasteiger partial charge in [0.25, 0.3) is 5.91 Å². The molecule has 0 aromatic heterocycles. The summed E-state index contributed by atoms with van der Waals surface area (Å²) in [6.45, 7) is 3.82.